The summed E-state index contributed by atoms with van der Waals surface area (Å²) in [5, 5.41) is 10.1. The predicted octanol–water partition coefficient (Wildman–Crippen LogP) is 4.23. The Labute approximate surface area is 149 Å². The lowest BCUT2D eigenvalue weighted by atomic mass is 10.0. The lowest BCUT2D eigenvalue weighted by Gasteiger charge is -2.10. The first-order valence-electron chi connectivity index (χ1n) is 8.51. The van der Waals surface area contributed by atoms with Crippen LogP contribution in [0.4, 0.5) is 0 Å². The molecule has 0 aliphatic carbocycles. The van der Waals surface area contributed by atoms with Crippen molar-refractivity contribution in [2.75, 3.05) is 13.1 Å². The summed E-state index contributed by atoms with van der Waals surface area (Å²) in [6.07, 6.45) is 5.38. The first kappa shape index (κ1) is 14.8. The predicted molar refractivity (Wildman–Crippen MR) is 105 cm³/mol. The fourth-order valence-corrected chi connectivity index (χ4v) is 4.46. The maximum Gasteiger partial charge on any atom is 0.120 e. The highest BCUT2D eigenvalue weighted by molar-refractivity contribution is 7.19. The first-order chi connectivity index (χ1) is 12.3. The van der Waals surface area contributed by atoms with E-state index in [9.17, 15) is 0 Å². The number of nitrogens with one attached hydrogen (secondary N) is 1. The molecule has 0 fully saturated rings. The third-order valence-electron chi connectivity index (χ3n) is 4.68. The minimum Gasteiger partial charge on any atom is -0.313 e. The maximum atomic E-state index is 4.83. The van der Waals surface area contributed by atoms with Crippen molar-refractivity contribution in [3.05, 3.63) is 53.7 Å². The fourth-order valence-electron chi connectivity index (χ4n) is 3.39. The van der Waals surface area contributed by atoms with Gasteiger partial charge in [-0.15, -0.1) is 11.3 Å². The van der Waals surface area contributed by atoms with Crippen LogP contribution in [-0.4, -0.2) is 27.9 Å². The molecule has 0 radical (unpaired) electrons. The van der Waals surface area contributed by atoms with E-state index in [1.54, 1.807) is 11.3 Å². The molecule has 25 heavy (non-hydrogen) atoms. The van der Waals surface area contributed by atoms with Gasteiger partial charge in [0.15, 0.2) is 0 Å². The van der Waals surface area contributed by atoms with Crippen molar-refractivity contribution in [2.45, 2.75) is 6.42 Å². The van der Waals surface area contributed by atoms with Gasteiger partial charge in [0, 0.05) is 25.2 Å². The van der Waals surface area contributed by atoms with Crippen molar-refractivity contribution >= 4 is 38.0 Å². The number of benzene rings is 2. The molecular weight excluding hydrogens is 328 g/mol. The summed E-state index contributed by atoms with van der Waals surface area (Å²) in [6.45, 7) is 1.99. The SMILES string of the molecule is Cn1cc2cc(-c3ccc4nc(C5=CCNCC5)sc4c3)ccc2n1. The summed E-state index contributed by atoms with van der Waals surface area (Å²) in [7, 11) is 1.96. The van der Waals surface area contributed by atoms with Crippen molar-refractivity contribution in [1.82, 2.24) is 20.1 Å². The Kier molecular flexibility index (Phi) is 3.43. The molecule has 0 bridgehead atoms. The Hall–Kier alpha value is -2.50. The molecule has 0 saturated carbocycles. The molecule has 0 unspecified atom stereocenters. The molecule has 2 aromatic carbocycles. The van der Waals surface area contributed by atoms with Crippen LogP contribution in [0.2, 0.25) is 0 Å². The topological polar surface area (TPSA) is 42.7 Å². The van der Waals surface area contributed by atoms with Gasteiger partial charge >= 0.3 is 0 Å². The van der Waals surface area contributed by atoms with Crippen LogP contribution in [0, 0.1) is 0 Å². The van der Waals surface area contributed by atoms with E-state index in [2.05, 4.69) is 59.1 Å². The Bertz CT molecular complexity index is 1120. The van der Waals surface area contributed by atoms with Gasteiger partial charge in [-0.25, -0.2) is 4.98 Å². The van der Waals surface area contributed by atoms with E-state index < -0.39 is 0 Å². The Balaban J connectivity index is 1.57. The number of aryl methyl sites for hydroxylation is 1. The van der Waals surface area contributed by atoms with Gasteiger partial charge in [-0.1, -0.05) is 18.2 Å². The zero-order valence-electron chi connectivity index (χ0n) is 14.0. The number of hydrogen-bond donors (Lipinski definition) is 1. The van der Waals surface area contributed by atoms with Crippen LogP contribution in [0.15, 0.2) is 48.7 Å². The molecule has 0 atom stereocenters. The molecule has 1 N–H and O–H groups in total. The molecule has 5 heteroatoms. The largest absolute Gasteiger partial charge is 0.313 e. The maximum absolute atomic E-state index is 4.83. The van der Waals surface area contributed by atoms with Gasteiger partial charge in [0.1, 0.15) is 5.01 Å². The van der Waals surface area contributed by atoms with E-state index in [0.717, 1.165) is 35.6 Å². The van der Waals surface area contributed by atoms with Gasteiger partial charge in [0.2, 0.25) is 0 Å². The molecule has 124 valence electrons. The number of aromatic nitrogens is 3. The quantitative estimate of drug-likeness (QED) is 0.591. The molecule has 1 aliphatic rings. The number of fused-ring (bicyclic) bond motifs is 2. The minimum absolute atomic E-state index is 0.946. The Morgan fingerprint density at radius 3 is 2.76 bits per heavy atom. The van der Waals surface area contributed by atoms with E-state index >= 15 is 0 Å². The summed E-state index contributed by atoms with van der Waals surface area (Å²) >= 11 is 1.80. The average Bonchev–Trinajstić information content (AvgIpc) is 3.23. The summed E-state index contributed by atoms with van der Waals surface area (Å²) < 4.78 is 3.11. The van der Waals surface area contributed by atoms with Crippen LogP contribution >= 0.6 is 11.3 Å². The number of hydrogen-bond acceptors (Lipinski definition) is 4. The highest BCUT2D eigenvalue weighted by Gasteiger charge is 2.12. The second-order valence-electron chi connectivity index (χ2n) is 6.46. The van der Waals surface area contributed by atoms with E-state index in [1.807, 2.05) is 11.7 Å². The highest BCUT2D eigenvalue weighted by Crippen LogP contribution is 2.33. The Morgan fingerprint density at radius 2 is 1.92 bits per heavy atom. The van der Waals surface area contributed by atoms with E-state index in [0.29, 0.717) is 0 Å². The van der Waals surface area contributed by atoms with Crippen molar-refractivity contribution in [2.24, 2.45) is 7.05 Å². The molecular formula is C20H18N4S. The third-order valence-corrected chi connectivity index (χ3v) is 5.77. The first-order valence-corrected chi connectivity index (χ1v) is 9.32. The van der Waals surface area contributed by atoms with E-state index in [4.69, 9.17) is 4.98 Å². The summed E-state index contributed by atoms with van der Waals surface area (Å²) in [4.78, 5) is 4.83. The lowest BCUT2D eigenvalue weighted by molar-refractivity contribution is 0.738. The lowest BCUT2D eigenvalue weighted by Crippen LogP contribution is -2.19. The zero-order valence-corrected chi connectivity index (χ0v) is 14.8. The number of nitrogens with zero attached hydrogens (tertiary/aromatic N) is 3. The molecule has 1 aliphatic heterocycles. The van der Waals surface area contributed by atoms with Crippen LogP contribution in [0.25, 0.3) is 37.8 Å². The van der Waals surface area contributed by atoms with E-state index in [1.165, 1.54) is 26.8 Å². The molecule has 4 aromatic rings. The van der Waals surface area contributed by atoms with Gasteiger partial charge in [0.05, 0.1) is 15.7 Å². The van der Waals surface area contributed by atoms with Crippen molar-refractivity contribution < 1.29 is 0 Å². The smallest absolute Gasteiger partial charge is 0.120 e. The molecule has 5 rings (SSSR count). The third kappa shape index (κ3) is 2.65. The highest BCUT2D eigenvalue weighted by atomic mass is 32.1. The summed E-state index contributed by atoms with van der Waals surface area (Å²) in [5.74, 6) is 0. The van der Waals surface area contributed by atoms with Crippen molar-refractivity contribution in [3.63, 3.8) is 0 Å². The minimum atomic E-state index is 0.946. The van der Waals surface area contributed by atoms with E-state index in [-0.39, 0.29) is 0 Å². The second-order valence-corrected chi connectivity index (χ2v) is 7.49. The molecule has 0 amide bonds. The molecule has 2 aromatic heterocycles. The van der Waals surface area contributed by atoms with Gasteiger partial charge in [-0.2, -0.15) is 5.10 Å². The van der Waals surface area contributed by atoms with Gasteiger partial charge < -0.3 is 5.32 Å². The van der Waals surface area contributed by atoms with Crippen LogP contribution < -0.4 is 5.32 Å². The van der Waals surface area contributed by atoms with Gasteiger partial charge in [0.25, 0.3) is 0 Å². The summed E-state index contributed by atoms with van der Waals surface area (Å²) in [6, 6.07) is 13.0. The number of thiazole rings is 1. The normalized spacial score (nSPS) is 15.0. The zero-order chi connectivity index (χ0) is 16.8. The number of rotatable bonds is 2. The standard InChI is InChI=1S/C20H18N4S/c1-24-12-16-10-14(2-4-17(16)23-24)15-3-5-18-19(11-15)25-20(22-18)13-6-8-21-9-7-13/h2-6,10-12,21H,7-9H2,1H3. The average molecular weight is 346 g/mol. The van der Waals surface area contributed by atoms with Gasteiger partial charge in [-0.05, 0) is 53.9 Å². The van der Waals surface area contributed by atoms with Crippen LogP contribution in [0.5, 0.6) is 0 Å². The van der Waals surface area contributed by atoms with Gasteiger partial charge in [-0.3, -0.25) is 4.68 Å². The molecule has 3 heterocycles. The molecule has 4 nitrogen and oxygen atoms in total. The van der Waals surface area contributed by atoms with Crippen molar-refractivity contribution in [3.8, 4) is 11.1 Å². The molecule has 0 saturated heterocycles. The van der Waals surface area contributed by atoms with Crippen LogP contribution in [-0.2, 0) is 7.05 Å². The fraction of sp³-hybridized carbons (Fsp3) is 0.200. The van der Waals surface area contributed by atoms with Crippen LogP contribution in [0.1, 0.15) is 11.4 Å². The molecule has 0 spiro atoms. The Morgan fingerprint density at radius 1 is 1.08 bits per heavy atom. The second kappa shape index (κ2) is 5.79. The van der Waals surface area contributed by atoms with Crippen LogP contribution in [0.3, 0.4) is 0 Å². The monoisotopic (exact) mass is 346 g/mol. The van der Waals surface area contributed by atoms with Crippen molar-refractivity contribution in [1.29, 1.82) is 0 Å². The summed E-state index contributed by atoms with van der Waals surface area (Å²) in [5.41, 5.74) is 5.94.